The molecule has 4 nitrogen and oxygen atoms in total. The van der Waals surface area contributed by atoms with Gasteiger partial charge in [0, 0.05) is 0 Å². The molecule has 0 unspecified atom stereocenters. The Balaban J connectivity index is -0.0000000905. The van der Waals surface area contributed by atoms with Crippen LogP contribution in [0.25, 0.3) is 0 Å². The number of allylic oxidation sites excluding steroid dienone is 1. The molecule has 2 N–H and O–H groups in total. The van der Waals surface area contributed by atoms with Crippen LogP contribution in [-0.4, -0.2) is 27.1 Å². The van der Waals surface area contributed by atoms with Gasteiger partial charge in [-0.2, -0.15) is 8.42 Å². The number of aryl methyl sites for hydroxylation is 5. The van der Waals surface area contributed by atoms with Crippen LogP contribution in [-0.2, 0) is 10.1 Å². The minimum absolute atomic E-state index is 0.00407. The van der Waals surface area contributed by atoms with Gasteiger partial charge in [0.1, 0.15) is 0 Å². The molecule has 232 valence electrons. The minimum atomic E-state index is -4.07. The lowest BCUT2D eigenvalue weighted by molar-refractivity contribution is 0.482. The summed E-state index contributed by atoms with van der Waals surface area (Å²) in [7, 11) is -0.323. The van der Waals surface area contributed by atoms with Crippen LogP contribution in [0.2, 0.25) is 0 Å². The maximum Gasteiger partial charge on any atom is 0.294 e. The first-order valence-electron chi connectivity index (χ1n) is 14.5. The average molecular weight is 570 g/mol. The van der Waals surface area contributed by atoms with Gasteiger partial charge in [-0.15, -0.1) is 6.58 Å². The fraction of sp³-hybridized carbons (Fsp3) is 0.588. The summed E-state index contributed by atoms with van der Waals surface area (Å²) < 4.78 is 30.6. The molecule has 5 heteroatoms. The highest BCUT2D eigenvalue weighted by Gasteiger charge is 2.13. The molecule has 0 bridgehead atoms. The third kappa shape index (κ3) is 40.7. The van der Waals surface area contributed by atoms with E-state index >= 15 is 0 Å². The van der Waals surface area contributed by atoms with Crippen molar-refractivity contribution in [3.63, 3.8) is 0 Å². The monoisotopic (exact) mass is 569 g/mol. The highest BCUT2D eigenvalue weighted by Crippen LogP contribution is 2.19. The summed E-state index contributed by atoms with van der Waals surface area (Å²) >= 11 is 0. The molecule has 0 amide bonds. The highest BCUT2D eigenvalue weighted by molar-refractivity contribution is 7.85. The first-order valence-corrected chi connectivity index (χ1v) is 16.0. The summed E-state index contributed by atoms with van der Waals surface area (Å²) in [4.78, 5) is -0.00407. The molecule has 39 heavy (non-hydrogen) atoms. The van der Waals surface area contributed by atoms with Gasteiger partial charge in [-0.1, -0.05) is 129 Å². The van der Waals surface area contributed by atoms with E-state index in [9.17, 15) is 8.42 Å². The van der Waals surface area contributed by atoms with E-state index in [-0.39, 0.29) is 4.90 Å². The SMILES string of the molecule is C=CC.CC.CC.CCC.CCCCC.CNC.Cc1cc(C)c(S(=O)(=O)O)cc1C.Cc1ccc(C)cc1. The van der Waals surface area contributed by atoms with E-state index in [1.807, 2.05) is 62.6 Å². The van der Waals surface area contributed by atoms with Crippen LogP contribution in [0.1, 0.15) is 116 Å². The molecule has 0 aliphatic heterocycles. The second-order valence-electron chi connectivity index (χ2n) is 8.30. The Labute approximate surface area is 246 Å². The van der Waals surface area contributed by atoms with Crippen molar-refractivity contribution in [3.8, 4) is 0 Å². The largest absolute Gasteiger partial charge is 0.323 e. The van der Waals surface area contributed by atoms with Crippen molar-refractivity contribution in [2.75, 3.05) is 14.1 Å². The van der Waals surface area contributed by atoms with Crippen LogP contribution in [0.4, 0.5) is 0 Å². The number of unbranched alkanes of at least 4 members (excludes halogenated alkanes) is 2. The molecule has 2 rings (SSSR count). The molecule has 0 saturated heterocycles. The zero-order valence-electron chi connectivity index (χ0n) is 28.7. The van der Waals surface area contributed by atoms with Crippen molar-refractivity contribution < 1.29 is 13.0 Å². The molecule has 0 spiro atoms. The van der Waals surface area contributed by atoms with Gasteiger partial charge in [-0.25, -0.2) is 0 Å². The second kappa shape index (κ2) is 38.2. The second-order valence-corrected chi connectivity index (χ2v) is 9.69. The van der Waals surface area contributed by atoms with Crippen LogP contribution in [0.3, 0.4) is 0 Å². The van der Waals surface area contributed by atoms with E-state index in [4.69, 9.17) is 4.55 Å². The van der Waals surface area contributed by atoms with Gasteiger partial charge in [-0.05, 0) is 78.4 Å². The normalized spacial score (nSPS) is 8.44. The van der Waals surface area contributed by atoms with E-state index in [0.717, 1.165) is 11.1 Å². The highest BCUT2D eigenvalue weighted by atomic mass is 32.2. The maximum atomic E-state index is 10.9. The van der Waals surface area contributed by atoms with Crippen LogP contribution < -0.4 is 5.32 Å². The van der Waals surface area contributed by atoms with Gasteiger partial charge in [-0.3, -0.25) is 4.55 Å². The molecule has 2 aromatic carbocycles. The van der Waals surface area contributed by atoms with Gasteiger partial charge in [0.05, 0.1) is 4.90 Å². The summed E-state index contributed by atoms with van der Waals surface area (Å²) in [5.74, 6) is 0. The smallest absolute Gasteiger partial charge is 0.294 e. The number of benzene rings is 2. The number of nitrogens with one attached hydrogen (secondary N) is 1. The molecule has 0 fully saturated rings. The Kier molecular flexibility index (Phi) is 48.9. The van der Waals surface area contributed by atoms with Crippen LogP contribution in [0.5, 0.6) is 0 Å². The molecule has 0 aliphatic rings. The van der Waals surface area contributed by atoms with E-state index in [1.54, 1.807) is 19.1 Å². The number of hydrogen-bond donors (Lipinski definition) is 2. The fourth-order valence-corrected chi connectivity index (χ4v) is 2.99. The lowest BCUT2D eigenvalue weighted by atomic mass is 10.1. The predicted octanol–water partition coefficient (Wildman–Crippen LogP) is 10.9. The van der Waals surface area contributed by atoms with E-state index in [0.29, 0.717) is 5.56 Å². The molecule has 0 saturated carbocycles. The quantitative estimate of drug-likeness (QED) is 0.285. The zero-order valence-corrected chi connectivity index (χ0v) is 29.6. The molecule has 0 aliphatic carbocycles. The summed E-state index contributed by atoms with van der Waals surface area (Å²) in [6, 6.07) is 11.7. The fourth-order valence-electron chi connectivity index (χ4n) is 2.20. The van der Waals surface area contributed by atoms with Gasteiger partial charge in [0.2, 0.25) is 0 Å². The zero-order chi connectivity index (χ0) is 32.4. The van der Waals surface area contributed by atoms with Crippen molar-refractivity contribution in [3.05, 3.63) is 76.9 Å². The van der Waals surface area contributed by atoms with Crippen molar-refractivity contribution in [2.45, 2.75) is 128 Å². The Morgan fingerprint density at radius 2 is 1.00 bits per heavy atom. The number of hydrogen-bond acceptors (Lipinski definition) is 3. The molecule has 0 heterocycles. The summed E-state index contributed by atoms with van der Waals surface area (Å²) in [6.45, 7) is 31.5. The average Bonchev–Trinajstić information content (AvgIpc) is 2.88. The summed E-state index contributed by atoms with van der Waals surface area (Å²) in [6.07, 6.45) is 7.08. The van der Waals surface area contributed by atoms with E-state index in [2.05, 4.69) is 77.7 Å². The van der Waals surface area contributed by atoms with Gasteiger partial charge in [0.25, 0.3) is 10.1 Å². The molecule has 0 aromatic heterocycles. The van der Waals surface area contributed by atoms with Crippen molar-refractivity contribution in [1.82, 2.24) is 5.32 Å². The molecule has 0 atom stereocenters. The van der Waals surface area contributed by atoms with E-state index < -0.39 is 10.1 Å². The Morgan fingerprint density at radius 3 is 1.21 bits per heavy atom. The van der Waals surface area contributed by atoms with Crippen molar-refractivity contribution in [2.24, 2.45) is 0 Å². The van der Waals surface area contributed by atoms with Crippen LogP contribution in [0, 0.1) is 34.6 Å². The van der Waals surface area contributed by atoms with Crippen molar-refractivity contribution in [1.29, 1.82) is 0 Å². The third-order valence-corrected chi connectivity index (χ3v) is 4.99. The Hall–Kier alpha value is -1.95. The Morgan fingerprint density at radius 1 is 0.744 bits per heavy atom. The molecular weight excluding hydrogens is 502 g/mol. The molecule has 2 aromatic rings. The number of rotatable bonds is 3. The van der Waals surface area contributed by atoms with Gasteiger partial charge >= 0.3 is 0 Å². The topological polar surface area (TPSA) is 66.4 Å². The Bertz CT molecular complexity index is 818. The lowest BCUT2D eigenvalue weighted by Crippen LogP contribution is -2.02. The standard InChI is InChI=1S/C9H12O3S.C8H10.C5H12.C3H8.C3H6.C2H7N.2C2H6/c1-6-4-8(3)9(5-7(6)2)13(10,11)12;1-7-3-5-8(2)6-4-7;1-3-5-4-2;3*1-3-2;2*1-2/h4-5H,1-3H3,(H,10,11,12);3-6H,1-2H3;3-5H2,1-2H3;3H2,1-2H3;3H,1H2,2H3;3H,1-2H3;2*1-2H3. The van der Waals surface area contributed by atoms with Crippen LogP contribution >= 0.6 is 0 Å². The minimum Gasteiger partial charge on any atom is -0.323 e. The summed E-state index contributed by atoms with van der Waals surface area (Å²) in [5, 5.41) is 2.75. The summed E-state index contributed by atoms with van der Waals surface area (Å²) in [5.41, 5.74) is 5.11. The molecule has 0 radical (unpaired) electrons. The first-order chi connectivity index (χ1) is 18.3. The third-order valence-electron chi connectivity index (χ3n) is 3.99. The predicted molar refractivity (Wildman–Crippen MR) is 181 cm³/mol. The van der Waals surface area contributed by atoms with Gasteiger partial charge < -0.3 is 5.32 Å². The lowest BCUT2D eigenvalue weighted by Gasteiger charge is -2.06. The van der Waals surface area contributed by atoms with Crippen molar-refractivity contribution >= 4 is 10.1 Å². The van der Waals surface area contributed by atoms with Crippen LogP contribution in [0.15, 0.2) is 53.9 Å². The molecular formula is C34H67NO3S. The van der Waals surface area contributed by atoms with E-state index in [1.165, 1.54) is 42.9 Å². The first kappa shape index (κ1) is 49.9. The van der Waals surface area contributed by atoms with Gasteiger partial charge in [0.15, 0.2) is 0 Å². The maximum absolute atomic E-state index is 10.9.